The predicted molar refractivity (Wildman–Crippen MR) is 86.7 cm³/mol. The van der Waals surface area contributed by atoms with Gasteiger partial charge in [0.15, 0.2) is 0 Å². The number of nitrogens with one attached hydrogen (secondary N) is 1. The Balaban J connectivity index is 2.24. The normalized spacial score (nSPS) is 17.4. The molecule has 110 valence electrons. The first kappa shape index (κ1) is 15.9. The summed E-state index contributed by atoms with van der Waals surface area (Å²) in [5.41, 5.74) is 2.52. The molecule has 1 aromatic rings. The largest absolute Gasteiger partial charge is 0.383 e. The van der Waals surface area contributed by atoms with Crippen LogP contribution in [0.1, 0.15) is 24.2 Å². The Morgan fingerprint density at radius 1 is 1.45 bits per heavy atom. The molecule has 0 saturated carbocycles. The fourth-order valence-corrected chi connectivity index (χ4v) is 2.55. The lowest BCUT2D eigenvalue weighted by atomic mass is 10.00. The summed E-state index contributed by atoms with van der Waals surface area (Å²) in [4.78, 5) is 11.1. The second-order valence-electron chi connectivity index (χ2n) is 4.53. The molecule has 0 aliphatic carbocycles. The van der Waals surface area contributed by atoms with Crippen molar-refractivity contribution >= 4 is 17.0 Å². The zero-order valence-electron chi connectivity index (χ0n) is 12.0. The molecule has 1 aliphatic heterocycles. The van der Waals surface area contributed by atoms with Crippen LogP contribution in [-0.2, 0) is 0 Å². The summed E-state index contributed by atoms with van der Waals surface area (Å²) in [6.45, 7) is 1.69. The van der Waals surface area contributed by atoms with Gasteiger partial charge < -0.3 is 10.4 Å². The molecule has 1 atom stereocenters. The third kappa shape index (κ3) is 4.02. The van der Waals surface area contributed by atoms with Gasteiger partial charge in [0.05, 0.1) is 11.6 Å². The second-order valence-corrected chi connectivity index (χ2v) is 5.47. The molecule has 2 N–H and O–H groups in total. The zero-order valence-corrected chi connectivity index (χ0v) is 12.8. The first-order valence-corrected chi connectivity index (χ1v) is 7.58. The van der Waals surface area contributed by atoms with E-state index in [2.05, 4.69) is 17.2 Å². The highest BCUT2D eigenvalue weighted by molar-refractivity contribution is 8.14. The second kappa shape index (κ2) is 7.51. The van der Waals surface area contributed by atoms with Crippen molar-refractivity contribution in [3.8, 4) is 17.9 Å². The van der Waals surface area contributed by atoms with E-state index in [1.165, 1.54) is 11.8 Å². The van der Waals surface area contributed by atoms with Crippen molar-refractivity contribution in [3.63, 3.8) is 0 Å². The summed E-state index contributed by atoms with van der Waals surface area (Å²) in [6, 6.07) is 8.75. The van der Waals surface area contributed by atoms with Crippen molar-refractivity contribution in [1.29, 1.82) is 5.26 Å². The SMILES string of the molecule is CC#C/C(=C\C=C1/CSC(=O)N1)C(O)c1ccc(C#N)cc1. The molecule has 0 aromatic heterocycles. The number of nitriles is 1. The Kier molecular flexibility index (Phi) is 5.43. The zero-order chi connectivity index (χ0) is 15.9. The van der Waals surface area contributed by atoms with E-state index in [0.29, 0.717) is 22.5 Å². The minimum Gasteiger partial charge on any atom is -0.383 e. The lowest BCUT2D eigenvalue weighted by molar-refractivity contribution is 0.221. The minimum absolute atomic E-state index is 0.0737. The van der Waals surface area contributed by atoms with Crippen LogP contribution in [0.2, 0.25) is 0 Å². The summed E-state index contributed by atoms with van der Waals surface area (Å²) in [7, 11) is 0. The van der Waals surface area contributed by atoms with Crippen molar-refractivity contribution in [1.82, 2.24) is 5.32 Å². The van der Waals surface area contributed by atoms with Gasteiger partial charge >= 0.3 is 0 Å². The summed E-state index contributed by atoms with van der Waals surface area (Å²) >= 11 is 1.20. The number of nitrogens with zero attached hydrogens (tertiary/aromatic N) is 1. The number of aliphatic hydroxyl groups is 1. The van der Waals surface area contributed by atoms with Crippen LogP contribution >= 0.6 is 11.8 Å². The van der Waals surface area contributed by atoms with Gasteiger partial charge in [-0.1, -0.05) is 29.8 Å². The van der Waals surface area contributed by atoms with Gasteiger partial charge in [-0.3, -0.25) is 4.79 Å². The molecule has 5 heteroatoms. The van der Waals surface area contributed by atoms with E-state index in [9.17, 15) is 9.90 Å². The number of hydrogen-bond acceptors (Lipinski definition) is 4. The van der Waals surface area contributed by atoms with E-state index < -0.39 is 6.10 Å². The van der Waals surface area contributed by atoms with E-state index in [1.807, 2.05) is 6.07 Å². The monoisotopic (exact) mass is 310 g/mol. The lowest BCUT2D eigenvalue weighted by Crippen LogP contribution is -2.09. The van der Waals surface area contributed by atoms with Gasteiger partial charge in [-0.25, -0.2) is 0 Å². The van der Waals surface area contributed by atoms with Crippen LogP contribution in [0.25, 0.3) is 0 Å². The van der Waals surface area contributed by atoms with Crippen molar-refractivity contribution in [3.05, 3.63) is 58.8 Å². The smallest absolute Gasteiger partial charge is 0.283 e. The number of hydrogen-bond donors (Lipinski definition) is 2. The number of carbonyl (C=O) groups is 1. The highest BCUT2D eigenvalue weighted by Gasteiger charge is 2.15. The highest BCUT2D eigenvalue weighted by Crippen LogP contribution is 2.22. The van der Waals surface area contributed by atoms with Crippen molar-refractivity contribution in [2.75, 3.05) is 5.75 Å². The number of benzene rings is 1. The average Bonchev–Trinajstić information content (AvgIpc) is 2.96. The Morgan fingerprint density at radius 2 is 2.18 bits per heavy atom. The Labute approximate surface area is 133 Å². The Morgan fingerprint density at radius 3 is 2.73 bits per heavy atom. The van der Waals surface area contributed by atoms with Crippen LogP contribution in [0.15, 0.2) is 47.7 Å². The summed E-state index contributed by atoms with van der Waals surface area (Å²) in [6.07, 6.45) is 2.59. The van der Waals surface area contributed by atoms with E-state index in [4.69, 9.17) is 5.26 Å². The van der Waals surface area contributed by atoms with Crippen LogP contribution < -0.4 is 5.32 Å². The molecule has 0 spiro atoms. The molecule has 1 aliphatic rings. The molecule has 0 radical (unpaired) electrons. The molecule has 4 nitrogen and oxygen atoms in total. The van der Waals surface area contributed by atoms with Crippen LogP contribution in [0, 0.1) is 23.2 Å². The maximum atomic E-state index is 11.1. The van der Waals surface area contributed by atoms with Crippen LogP contribution in [-0.4, -0.2) is 16.1 Å². The van der Waals surface area contributed by atoms with Crippen LogP contribution in [0.3, 0.4) is 0 Å². The van der Waals surface area contributed by atoms with E-state index in [0.717, 1.165) is 5.70 Å². The maximum absolute atomic E-state index is 11.1. The molecule has 1 aromatic carbocycles. The predicted octanol–water partition coefficient (Wildman–Crippen LogP) is 2.88. The van der Waals surface area contributed by atoms with Gasteiger partial charge in [-0.05, 0) is 36.8 Å². The van der Waals surface area contributed by atoms with Crippen LogP contribution in [0.5, 0.6) is 0 Å². The highest BCUT2D eigenvalue weighted by atomic mass is 32.2. The molecule has 1 fully saturated rings. The van der Waals surface area contributed by atoms with Gasteiger partial charge in [0.2, 0.25) is 0 Å². The molecule has 2 rings (SSSR count). The number of carbonyl (C=O) groups excluding carboxylic acids is 1. The molecule has 1 amide bonds. The molecule has 0 bridgehead atoms. The molecule has 1 unspecified atom stereocenters. The first-order chi connectivity index (χ1) is 10.6. The van der Waals surface area contributed by atoms with Gasteiger partial charge in [-0.15, -0.1) is 5.92 Å². The van der Waals surface area contributed by atoms with Gasteiger partial charge in [0, 0.05) is 17.0 Å². The summed E-state index contributed by atoms with van der Waals surface area (Å²) < 4.78 is 0. The van der Waals surface area contributed by atoms with Crippen LogP contribution in [0.4, 0.5) is 4.79 Å². The number of rotatable bonds is 3. The average molecular weight is 310 g/mol. The number of allylic oxidation sites excluding steroid dienone is 2. The van der Waals surface area contributed by atoms with Gasteiger partial charge in [0.25, 0.3) is 5.24 Å². The first-order valence-electron chi connectivity index (χ1n) is 6.59. The summed E-state index contributed by atoms with van der Waals surface area (Å²) in [5.74, 6) is 6.24. The molecule has 1 heterocycles. The fraction of sp³-hybridized carbons (Fsp3) is 0.176. The molecular weight excluding hydrogens is 296 g/mol. The van der Waals surface area contributed by atoms with Crippen molar-refractivity contribution in [2.45, 2.75) is 13.0 Å². The minimum atomic E-state index is -0.873. The third-order valence-electron chi connectivity index (χ3n) is 3.00. The maximum Gasteiger partial charge on any atom is 0.283 e. The number of aliphatic hydroxyl groups excluding tert-OH is 1. The standard InChI is InChI=1S/C17H14N2O2S/c1-2-3-13(8-9-15-11-22-17(21)19-15)16(20)14-6-4-12(10-18)5-7-14/h4-9,16,20H,11H2,1H3,(H,19,21)/b13-8+,15-9+. The van der Waals surface area contributed by atoms with Crippen molar-refractivity contribution < 1.29 is 9.90 Å². The van der Waals surface area contributed by atoms with Gasteiger partial charge in [-0.2, -0.15) is 5.26 Å². The molecular formula is C17H14N2O2S. The lowest BCUT2D eigenvalue weighted by Gasteiger charge is -2.10. The Bertz CT molecular complexity index is 731. The molecule has 1 saturated heterocycles. The van der Waals surface area contributed by atoms with E-state index in [1.54, 1.807) is 43.3 Å². The third-order valence-corrected chi connectivity index (χ3v) is 3.82. The number of thioether (sulfide) groups is 1. The quantitative estimate of drug-likeness (QED) is 0.842. The number of amides is 1. The van der Waals surface area contributed by atoms with E-state index in [-0.39, 0.29) is 5.24 Å². The summed E-state index contributed by atoms with van der Waals surface area (Å²) in [5, 5.41) is 21.9. The van der Waals surface area contributed by atoms with E-state index >= 15 is 0 Å². The fourth-order valence-electron chi connectivity index (χ4n) is 1.89. The van der Waals surface area contributed by atoms with Crippen molar-refractivity contribution in [2.24, 2.45) is 0 Å². The molecule has 22 heavy (non-hydrogen) atoms. The van der Waals surface area contributed by atoms with Gasteiger partial charge in [0.1, 0.15) is 6.10 Å². The topological polar surface area (TPSA) is 73.1 Å². The Hall–Kier alpha value is -2.47.